The number of thiocarbonyl (C=S) groups is 1. The molecule has 35 heavy (non-hydrogen) atoms. The molecule has 3 aromatic rings. The average molecular weight is 501 g/mol. The zero-order chi connectivity index (χ0) is 24.7. The molecule has 0 bridgehead atoms. The third-order valence-corrected chi connectivity index (χ3v) is 7.20. The van der Waals surface area contributed by atoms with E-state index in [9.17, 15) is 13.2 Å². The molecule has 184 valence electrons. The van der Waals surface area contributed by atoms with Gasteiger partial charge >= 0.3 is 6.18 Å². The number of pyridine rings is 1. The molecule has 4 heterocycles. The van der Waals surface area contributed by atoms with Crippen LogP contribution in [-0.4, -0.2) is 38.8 Å². The predicted molar refractivity (Wildman–Crippen MR) is 131 cm³/mol. The maximum absolute atomic E-state index is 13.4. The fraction of sp³-hybridized carbons (Fsp3) is 0.385. The number of hydrogen-bond donors (Lipinski definition) is 1. The molecule has 1 aromatic carbocycles. The van der Waals surface area contributed by atoms with Gasteiger partial charge in [-0.15, -0.1) is 0 Å². The molecule has 2 aliphatic heterocycles. The minimum absolute atomic E-state index is 0.0895. The Hall–Kier alpha value is -2.91. The van der Waals surface area contributed by atoms with Gasteiger partial charge in [-0.3, -0.25) is 4.98 Å². The second-order valence-corrected chi connectivity index (χ2v) is 9.51. The fourth-order valence-electron chi connectivity index (χ4n) is 5.25. The van der Waals surface area contributed by atoms with E-state index in [4.69, 9.17) is 17.0 Å². The van der Waals surface area contributed by atoms with Crippen LogP contribution in [0.15, 0.2) is 54.7 Å². The zero-order valence-corrected chi connectivity index (χ0v) is 20.4. The number of nitrogens with zero attached hydrogens (tertiary/aromatic N) is 3. The van der Waals surface area contributed by atoms with E-state index >= 15 is 0 Å². The third-order valence-electron chi connectivity index (χ3n) is 6.84. The topological polar surface area (TPSA) is 42.3 Å². The van der Waals surface area contributed by atoms with Gasteiger partial charge in [-0.25, -0.2) is 0 Å². The number of rotatable bonds is 5. The molecule has 0 radical (unpaired) electrons. The van der Waals surface area contributed by atoms with Gasteiger partial charge in [0, 0.05) is 36.4 Å². The second kappa shape index (κ2) is 9.28. The highest BCUT2D eigenvalue weighted by Gasteiger charge is 2.42. The van der Waals surface area contributed by atoms with Crippen molar-refractivity contribution < 1.29 is 17.9 Å². The van der Waals surface area contributed by atoms with Crippen molar-refractivity contribution in [3.8, 4) is 5.69 Å². The number of aromatic nitrogens is 2. The average Bonchev–Trinajstić information content (AvgIpc) is 3.53. The number of aryl methyl sites for hydroxylation is 1. The van der Waals surface area contributed by atoms with Crippen LogP contribution in [0.25, 0.3) is 5.69 Å². The van der Waals surface area contributed by atoms with Crippen molar-refractivity contribution in [3.63, 3.8) is 0 Å². The van der Waals surface area contributed by atoms with Crippen molar-refractivity contribution >= 4 is 17.3 Å². The van der Waals surface area contributed by atoms with Crippen LogP contribution in [0.1, 0.15) is 53.1 Å². The van der Waals surface area contributed by atoms with Crippen molar-refractivity contribution in [2.75, 3.05) is 13.2 Å². The summed E-state index contributed by atoms with van der Waals surface area (Å²) in [6.45, 7) is 5.26. The van der Waals surface area contributed by atoms with Gasteiger partial charge in [-0.1, -0.05) is 12.1 Å². The fourth-order valence-corrected chi connectivity index (χ4v) is 5.57. The van der Waals surface area contributed by atoms with E-state index in [0.717, 1.165) is 48.2 Å². The van der Waals surface area contributed by atoms with Crippen LogP contribution in [0.4, 0.5) is 13.2 Å². The molecule has 0 unspecified atom stereocenters. The Labute approximate surface area is 207 Å². The Morgan fingerprint density at radius 1 is 1.14 bits per heavy atom. The monoisotopic (exact) mass is 500 g/mol. The maximum Gasteiger partial charge on any atom is 0.416 e. The summed E-state index contributed by atoms with van der Waals surface area (Å²) in [5.74, 6) is 0. The van der Waals surface area contributed by atoms with Crippen LogP contribution in [0.3, 0.4) is 0 Å². The molecule has 2 aliphatic rings. The Morgan fingerprint density at radius 2 is 1.97 bits per heavy atom. The van der Waals surface area contributed by atoms with E-state index in [1.807, 2.05) is 42.7 Å². The standard InChI is InChI=1S/C26H27F3N4OS/c1-16-13-21(17(2)33(16)19-8-5-7-18(14-19)26(27,28)29)24-23(22-10-3-4-11-30-22)31-25(35)32(24)15-20-9-6-12-34-20/h3-5,7-8,10-11,13-14,20,23-24H,6,9,12,15H2,1-2H3,(H,31,35)/t20-,23+,24-/m0/s1. The summed E-state index contributed by atoms with van der Waals surface area (Å²) in [5, 5.41) is 4.08. The lowest BCUT2D eigenvalue weighted by Gasteiger charge is -2.30. The summed E-state index contributed by atoms with van der Waals surface area (Å²) in [6, 6.07) is 12.9. The highest BCUT2D eigenvalue weighted by molar-refractivity contribution is 7.80. The van der Waals surface area contributed by atoms with E-state index in [0.29, 0.717) is 17.3 Å². The maximum atomic E-state index is 13.4. The van der Waals surface area contributed by atoms with E-state index in [1.54, 1.807) is 12.3 Å². The van der Waals surface area contributed by atoms with Crippen LogP contribution in [0, 0.1) is 13.8 Å². The molecular formula is C26H27F3N4OS. The van der Waals surface area contributed by atoms with Crippen LogP contribution in [0.2, 0.25) is 0 Å². The highest BCUT2D eigenvalue weighted by atomic mass is 32.1. The zero-order valence-electron chi connectivity index (χ0n) is 19.5. The minimum atomic E-state index is -4.41. The van der Waals surface area contributed by atoms with E-state index in [2.05, 4.69) is 15.2 Å². The summed E-state index contributed by atoms with van der Waals surface area (Å²) in [4.78, 5) is 6.74. The first-order valence-corrected chi connectivity index (χ1v) is 12.1. The lowest BCUT2D eigenvalue weighted by Crippen LogP contribution is -2.36. The molecule has 0 aliphatic carbocycles. The van der Waals surface area contributed by atoms with Gasteiger partial charge in [-0.2, -0.15) is 13.2 Å². The quantitative estimate of drug-likeness (QED) is 0.458. The molecule has 9 heteroatoms. The lowest BCUT2D eigenvalue weighted by molar-refractivity contribution is -0.137. The Bertz CT molecular complexity index is 1220. The van der Waals surface area contributed by atoms with Crippen molar-refractivity contribution in [1.82, 2.24) is 19.8 Å². The Kier molecular flexibility index (Phi) is 6.31. The summed E-state index contributed by atoms with van der Waals surface area (Å²) in [7, 11) is 0. The Morgan fingerprint density at radius 3 is 2.66 bits per heavy atom. The molecule has 1 N–H and O–H groups in total. The number of alkyl halides is 3. The summed E-state index contributed by atoms with van der Waals surface area (Å²) in [5.41, 5.74) is 3.40. The van der Waals surface area contributed by atoms with Gasteiger partial charge in [0.1, 0.15) is 0 Å². The first-order valence-electron chi connectivity index (χ1n) is 11.7. The lowest BCUT2D eigenvalue weighted by atomic mass is 9.96. The molecule has 2 fully saturated rings. The van der Waals surface area contributed by atoms with Crippen molar-refractivity contribution in [3.05, 3.63) is 82.9 Å². The van der Waals surface area contributed by atoms with Gasteiger partial charge in [0.05, 0.1) is 29.4 Å². The molecular weight excluding hydrogens is 473 g/mol. The van der Waals surface area contributed by atoms with Crippen molar-refractivity contribution in [2.45, 2.75) is 51.1 Å². The van der Waals surface area contributed by atoms with Crippen LogP contribution in [-0.2, 0) is 10.9 Å². The van der Waals surface area contributed by atoms with Gasteiger partial charge in [0.15, 0.2) is 5.11 Å². The Balaban J connectivity index is 1.59. The van der Waals surface area contributed by atoms with Crippen LogP contribution >= 0.6 is 12.2 Å². The smallest absolute Gasteiger partial charge is 0.376 e. The number of ether oxygens (including phenoxy) is 1. The SMILES string of the molecule is Cc1cc([C@H]2[C@@H](c3ccccn3)NC(=S)N2C[C@@H]2CCCO2)c(C)n1-c1cccc(C(F)(F)F)c1. The number of benzene rings is 1. The first kappa shape index (κ1) is 23.8. The highest BCUT2D eigenvalue weighted by Crippen LogP contribution is 2.42. The molecule has 5 rings (SSSR count). The van der Waals surface area contributed by atoms with Gasteiger partial charge < -0.3 is 19.5 Å². The van der Waals surface area contributed by atoms with E-state index in [-0.39, 0.29) is 18.2 Å². The van der Waals surface area contributed by atoms with Crippen molar-refractivity contribution in [1.29, 1.82) is 0 Å². The van der Waals surface area contributed by atoms with Crippen molar-refractivity contribution in [2.24, 2.45) is 0 Å². The predicted octanol–water partition coefficient (Wildman–Crippen LogP) is 5.66. The van der Waals surface area contributed by atoms with Gasteiger partial charge in [-0.05, 0) is 80.9 Å². The van der Waals surface area contributed by atoms with Crippen LogP contribution in [0.5, 0.6) is 0 Å². The minimum Gasteiger partial charge on any atom is -0.376 e. The van der Waals surface area contributed by atoms with Crippen LogP contribution < -0.4 is 5.32 Å². The summed E-state index contributed by atoms with van der Waals surface area (Å²) < 4.78 is 48.0. The van der Waals surface area contributed by atoms with Gasteiger partial charge in [0.2, 0.25) is 0 Å². The summed E-state index contributed by atoms with van der Waals surface area (Å²) >= 11 is 5.76. The second-order valence-electron chi connectivity index (χ2n) is 9.12. The number of nitrogens with one attached hydrogen (secondary N) is 1. The first-order chi connectivity index (χ1) is 16.7. The van der Waals surface area contributed by atoms with E-state index < -0.39 is 11.7 Å². The normalized spacial score (nSPS) is 22.6. The third kappa shape index (κ3) is 4.54. The summed E-state index contributed by atoms with van der Waals surface area (Å²) in [6.07, 6.45) is -0.560. The van der Waals surface area contributed by atoms with E-state index in [1.165, 1.54) is 12.1 Å². The molecule has 0 amide bonds. The number of halogens is 3. The largest absolute Gasteiger partial charge is 0.416 e. The molecule has 0 saturated carbocycles. The van der Waals surface area contributed by atoms with Gasteiger partial charge in [0.25, 0.3) is 0 Å². The molecule has 5 nitrogen and oxygen atoms in total. The molecule has 2 saturated heterocycles. The molecule has 2 aromatic heterocycles. The molecule has 0 spiro atoms. The molecule has 3 atom stereocenters. The number of hydrogen-bond acceptors (Lipinski definition) is 3.